The van der Waals surface area contributed by atoms with Crippen molar-refractivity contribution in [1.82, 2.24) is 20.2 Å². The normalized spacial score (nSPS) is 15.8. The quantitative estimate of drug-likeness (QED) is 0.651. The molecule has 0 unspecified atom stereocenters. The molecular weight excluding hydrogens is 358 g/mol. The minimum Gasteiger partial charge on any atom is -0.308 e. The topological polar surface area (TPSA) is 63.9 Å². The van der Waals surface area contributed by atoms with E-state index in [-0.39, 0.29) is 11.9 Å². The lowest BCUT2D eigenvalue weighted by Crippen LogP contribution is -2.37. The summed E-state index contributed by atoms with van der Waals surface area (Å²) in [6.45, 7) is 6.15. The largest absolute Gasteiger partial charge is 0.308 e. The van der Waals surface area contributed by atoms with Gasteiger partial charge in [-0.25, -0.2) is 0 Å². The van der Waals surface area contributed by atoms with Crippen LogP contribution in [0.2, 0.25) is 0 Å². The first-order valence-corrected chi connectivity index (χ1v) is 9.92. The first-order valence-electron chi connectivity index (χ1n) is 8.93. The average molecular weight is 379 g/mol. The fourth-order valence-corrected chi connectivity index (χ4v) is 4.25. The molecule has 1 aliphatic rings. The van der Waals surface area contributed by atoms with E-state index in [4.69, 9.17) is 0 Å². The molecule has 138 valence electrons. The van der Waals surface area contributed by atoms with Gasteiger partial charge in [0.05, 0.1) is 11.4 Å². The Morgan fingerprint density at radius 1 is 1.19 bits per heavy atom. The molecule has 1 aliphatic heterocycles. The van der Waals surface area contributed by atoms with E-state index in [0.29, 0.717) is 10.9 Å². The van der Waals surface area contributed by atoms with Crippen LogP contribution in [0.25, 0.3) is 5.69 Å². The zero-order valence-corrected chi connectivity index (χ0v) is 16.4. The second-order valence-electron chi connectivity index (χ2n) is 6.90. The lowest BCUT2D eigenvalue weighted by atomic mass is 10.1. The van der Waals surface area contributed by atoms with Gasteiger partial charge in [0.15, 0.2) is 0 Å². The van der Waals surface area contributed by atoms with Crippen LogP contribution < -0.4 is 4.90 Å². The molecule has 3 aromatic rings. The molecule has 2 aromatic carbocycles. The number of aromatic nitrogens is 4. The predicted molar refractivity (Wildman–Crippen MR) is 106 cm³/mol. The van der Waals surface area contributed by atoms with Crippen molar-refractivity contribution in [3.63, 3.8) is 0 Å². The summed E-state index contributed by atoms with van der Waals surface area (Å²) in [5.41, 5.74) is 5.41. The summed E-state index contributed by atoms with van der Waals surface area (Å²) in [5, 5.41) is 12.7. The van der Waals surface area contributed by atoms with Gasteiger partial charge in [-0.05, 0) is 66.4 Å². The molecule has 1 atom stereocenters. The van der Waals surface area contributed by atoms with Crippen molar-refractivity contribution in [1.29, 1.82) is 0 Å². The molecule has 6 nitrogen and oxygen atoms in total. The monoisotopic (exact) mass is 379 g/mol. The third-order valence-corrected chi connectivity index (χ3v) is 5.74. The van der Waals surface area contributed by atoms with Crippen molar-refractivity contribution in [2.45, 2.75) is 38.4 Å². The van der Waals surface area contributed by atoms with E-state index in [9.17, 15) is 4.79 Å². The molecule has 1 amide bonds. The van der Waals surface area contributed by atoms with Gasteiger partial charge in [-0.2, -0.15) is 4.68 Å². The van der Waals surface area contributed by atoms with Crippen molar-refractivity contribution in [3.05, 3.63) is 59.2 Å². The number of aryl methyl sites for hydroxylation is 2. The molecule has 0 spiro atoms. The molecular formula is C20H21N5OS. The molecule has 0 aliphatic carbocycles. The molecule has 2 heterocycles. The summed E-state index contributed by atoms with van der Waals surface area (Å²) in [6, 6.07) is 14.4. The molecule has 0 radical (unpaired) electrons. The number of carbonyl (C=O) groups is 1. The molecule has 0 saturated heterocycles. The fraction of sp³-hybridized carbons (Fsp3) is 0.300. The number of nitrogens with zero attached hydrogens (tertiary/aromatic N) is 5. The van der Waals surface area contributed by atoms with Crippen molar-refractivity contribution < 1.29 is 4.79 Å². The summed E-state index contributed by atoms with van der Waals surface area (Å²) in [5.74, 6) is 0.372. The van der Waals surface area contributed by atoms with E-state index in [1.165, 1.54) is 17.3 Å². The highest BCUT2D eigenvalue weighted by molar-refractivity contribution is 7.99. The maximum absolute atomic E-state index is 12.9. The maximum atomic E-state index is 12.9. The number of thioether (sulfide) groups is 1. The zero-order chi connectivity index (χ0) is 19.0. The van der Waals surface area contributed by atoms with E-state index < -0.39 is 0 Å². The van der Waals surface area contributed by atoms with Gasteiger partial charge in [0.25, 0.3) is 0 Å². The lowest BCUT2D eigenvalue weighted by Gasteiger charge is -2.22. The van der Waals surface area contributed by atoms with Gasteiger partial charge < -0.3 is 4.90 Å². The number of hydrogen-bond acceptors (Lipinski definition) is 5. The summed E-state index contributed by atoms with van der Waals surface area (Å²) in [6.07, 6.45) is 0.896. The van der Waals surface area contributed by atoms with Crippen LogP contribution in [0, 0.1) is 13.8 Å². The highest BCUT2D eigenvalue weighted by Crippen LogP contribution is 2.33. The Labute approximate surface area is 162 Å². The van der Waals surface area contributed by atoms with Crippen LogP contribution in [0.5, 0.6) is 0 Å². The first kappa shape index (κ1) is 17.7. The number of hydrogen-bond donors (Lipinski definition) is 0. The summed E-state index contributed by atoms with van der Waals surface area (Å²) >= 11 is 1.37. The number of fused-ring (bicyclic) bond motifs is 1. The van der Waals surface area contributed by atoms with E-state index in [1.807, 2.05) is 36.9 Å². The number of carbonyl (C=O) groups excluding carboxylic acids is 1. The third kappa shape index (κ3) is 3.35. The summed E-state index contributed by atoms with van der Waals surface area (Å²) < 4.78 is 1.71. The minimum absolute atomic E-state index is 0.0768. The smallest absolute Gasteiger partial charge is 0.237 e. The van der Waals surface area contributed by atoms with E-state index in [0.717, 1.165) is 28.9 Å². The van der Waals surface area contributed by atoms with Gasteiger partial charge in [-0.1, -0.05) is 42.1 Å². The van der Waals surface area contributed by atoms with E-state index in [1.54, 1.807) is 4.68 Å². The highest BCUT2D eigenvalue weighted by atomic mass is 32.2. The number of para-hydroxylation sites is 1. The molecule has 27 heavy (non-hydrogen) atoms. The van der Waals surface area contributed by atoms with Crippen LogP contribution in [0.3, 0.4) is 0 Å². The van der Waals surface area contributed by atoms with Crippen LogP contribution in [0.1, 0.15) is 23.6 Å². The second-order valence-corrected chi connectivity index (χ2v) is 7.84. The fourth-order valence-electron chi connectivity index (χ4n) is 3.51. The number of anilines is 1. The standard InChI is InChI=1S/C20H21N5OS/c1-13-8-9-14(2)18(10-13)25-20(21-22-23-25)27-12-19(26)24-15(3)11-16-6-4-5-7-17(16)24/h4-10,15H,11-12H2,1-3H3/t15-/m0/s1. The number of amides is 1. The zero-order valence-electron chi connectivity index (χ0n) is 15.6. The maximum Gasteiger partial charge on any atom is 0.237 e. The second kappa shape index (κ2) is 7.15. The summed E-state index contributed by atoms with van der Waals surface area (Å²) in [7, 11) is 0. The predicted octanol–water partition coefficient (Wildman–Crippen LogP) is 3.35. The Kier molecular flexibility index (Phi) is 4.70. The Balaban J connectivity index is 1.53. The molecule has 0 N–H and O–H groups in total. The Hall–Kier alpha value is -2.67. The molecule has 1 aromatic heterocycles. The van der Waals surface area contributed by atoms with Crippen LogP contribution in [-0.2, 0) is 11.2 Å². The van der Waals surface area contributed by atoms with Gasteiger partial charge in [0.1, 0.15) is 0 Å². The van der Waals surface area contributed by atoms with Gasteiger partial charge in [-0.15, -0.1) is 5.10 Å². The molecule has 4 rings (SSSR count). The number of benzene rings is 2. The third-order valence-electron chi connectivity index (χ3n) is 4.83. The highest BCUT2D eigenvalue weighted by Gasteiger charge is 2.30. The van der Waals surface area contributed by atoms with Gasteiger partial charge >= 0.3 is 0 Å². The molecule has 0 saturated carbocycles. The molecule has 7 heteroatoms. The molecule has 0 fully saturated rings. The van der Waals surface area contributed by atoms with E-state index in [2.05, 4.69) is 46.7 Å². The van der Waals surface area contributed by atoms with Crippen molar-refractivity contribution in [3.8, 4) is 5.69 Å². The Morgan fingerprint density at radius 2 is 2.00 bits per heavy atom. The van der Waals surface area contributed by atoms with Crippen molar-refractivity contribution >= 4 is 23.4 Å². The van der Waals surface area contributed by atoms with Gasteiger partial charge in [0.2, 0.25) is 11.1 Å². The van der Waals surface area contributed by atoms with Crippen LogP contribution >= 0.6 is 11.8 Å². The molecule has 0 bridgehead atoms. The average Bonchev–Trinajstić information content (AvgIpc) is 3.25. The van der Waals surface area contributed by atoms with Crippen molar-refractivity contribution in [2.75, 3.05) is 10.7 Å². The Morgan fingerprint density at radius 3 is 2.85 bits per heavy atom. The lowest BCUT2D eigenvalue weighted by molar-refractivity contribution is -0.116. The summed E-state index contributed by atoms with van der Waals surface area (Å²) in [4.78, 5) is 14.8. The minimum atomic E-state index is 0.0768. The SMILES string of the molecule is Cc1ccc(C)c(-n2nnnc2SCC(=O)N2c3ccccc3C[C@@H]2C)c1. The van der Waals surface area contributed by atoms with Crippen LogP contribution in [-0.4, -0.2) is 37.9 Å². The van der Waals surface area contributed by atoms with Gasteiger partial charge in [-0.3, -0.25) is 4.79 Å². The Bertz CT molecular complexity index is 1000. The van der Waals surface area contributed by atoms with E-state index >= 15 is 0 Å². The van der Waals surface area contributed by atoms with Crippen molar-refractivity contribution in [2.24, 2.45) is 0 Å². The number of tetrazole rings is 1. The van der Waals surface area contributed by atoms with Crippen LogP contribution in [0.15, 0.2) is 47.6 Å². The first-order chi connectivity index (χ1) is 13.0. The number of rotatable bonds is 4. The van der Waals surface area contributed by atoms with Crippen LogP contribution in [0.4, 0.5) is 5.69 Å². The van der Waals surface area contributed by atoms with Gasteiger partial charge in [0, 0.05) is 11.7 Å².